The Hall–Kier alpha value is -1.75. The van der Waals surface area contributed by atoms with Crippen molar-refractivity contribution in [3.63, 3.8) is 0 Å². The predicted molar refractivity (Wildman–Crippen MR) is 120 cm³/mol. The van der Waals surface area contributed by atoms with Crippen molar-refractivity contribution < 1.29 is 14.6 Å². The van der Waals surface area contributed by atoms with E-state index in [1.165, 1.54) is 11.1 Å². The van der Waals surface area contributed by atoms with Gasteiger partial charge in [0.15, 0.2) is 0 Å². The van der Waals surface area contributed by atoms with E-state index in [-0.39, 0.29) is 18.5 Å². The molecule has 0 aromatic heterocycles. The second-order valence-electron chi connectivity index (χ2n) is 7.79. The number of nitrogens with zero attached hydrogens (tertiary/aromatic N) is 1. The summed E-state index contributed by atoms with van der Waals surface area (Å²) in [6.45, 7) is 1.47. The molecule has 0 amide bonds. The molecule has 1 saturated heterocycles. The Balaban J connectivity index is 0.00000300. The van der Waals surface area contributed by atoms with Crippen molar-refractivity contribution in [2.75, 3.05) is 27.3 Å². The van der Waals surface area contributed by atoms with Crippen LogP contribution in [-0.2, 0) is 12.8 Å². The number of β-amino-alcohol motifs (C(OH)–C–C–N with tert-alkyl or cyclic N) is 1. The number of aliphatic hydroxyl groups is 1. The van der Waals surface area contributed by atoms with E-state index in [1.807, 2.05) is 12.1 Å². The van der Waals surface area contributed by atoms with E-state index in [2.05, 4.69) is 48.3 Å². The van der Waals surface area contributed by atoms with Gasteiger partial charge in [-0.05, 0) is 74.9 Å². The summed E-state index contributed by atoms with van der Waals surface area (Å²) in [5, 5.41) is 9.77. The number of aryl methyl sites for hydroxylation is 2. The third kappa shape index (κ3) is 7.22. The number of likely N-dealkylation sites (N-methyl/N-ethyl adjacent to an activating group) is 1. The number of halogens is 1. The molecule has 1 N–H and O–H groups in total. The van der Waals surface area contributed by atoms with Gasteiger partial charge < -0.3 is 19.5 Å². The summed E-state index contributed by atoms with van der Waals surface area (Å²) in [7, 11) is 3.79. The maximum absolute atomic E-state index is 9.77. The first-order valence-electron chi connectivity index (χ1n) is 10.4. The van der Waals surface area contributed by atoms with Gasteiger partial charge in [-0.25, -0.2) is 0 Å². The van der Waals surface area contributed by atoms with Crippen molar-refractivity contribution in [1.82, 2.24) is 4.90 Å². The SMILES string of the molecule is COc1cccc(CCCCc2ccccc2OCC[C@@H]2C[C@@H](O)CN2C)c1.Cl. The van der Waals surface area contributed by atoms with Gasteiger partial charge in [0.25, 0.3) is 0 Å². The van der Waals surface area contributed by atoms with E-state index >= 15 is 0 Å². The quantitative estimate of drug-likeness (QED) is 0.575. The normalized spacial score (nSPS) is 19.0. The average Bonchev–Trinajstić information content (AvgIpc) is 3.03. The Labute approximate surface area is 181 Å². The molecule has 3 rings (SSSR count). The van der Waals surface area contributed by atoms with E-state index in [0.717, 1.165) is 56.6 Å². The molecule has 0 saturated carbocycles. The van der Waals surface area contributed by atoms with Crippen molar-refractivity contribution >= 4 is 12.4 Å². The number of hydrogen-bond donors (Lipinski definition) is 1. The third-order valence-electron chi connectivity index (χ3n) is 5.64. The molecule has 1 fully saturated rings. The minimum Gasteiger partial charge on any atom is -0.497 e. The summed E-state index contributed by atoms with van der Waals surface area (Å²) >= 11 is 0. The van der Waals surface area contributed by atoms with Crippen LogP contribution in [0.2, 0.25) is 0 Å². The van der Waals surface area contributed by atoms with Gasteiger partial charge in [0.05, 0.1) is 19.8 Å². The van der Waals surface area contributed by atoms with Crippen LogP contribution in [0.4, 0.5) is 0 Å². The van der Waals surface area contributed by atoms with E-state index in [4.69, 9.17) is 9.47 Å². The Kier molecular flexibility index (Phi) is 9.79. The zero-order valence-corrected chi connectivity index (χ0v) is 18.4. The molecule has 0 aliphatic carbocycles. The lowest BCUT2D eigenvalue weighted by Crippen LogP contribution is -2.26. The Morgan fingerprint density at radius 1 is 1.07 bits per heavy atom. The van der Waals surface area contributed by atoms with Crippen LogP contribution in [-0.4, -0.2) is 49.5 Å². The lowest BCUT2D eigenvalue weighted by molar-refractivity contribution is 0.182. The van der Waals surface area contributed by atoms with Gasteiger partial charge >= 0.3 is 0 Å². The minimum absolute atomic E-state index is 0. The number of ether oxygens (including phenoxy) is 2. The molecular formula is C24H34ClNO3. The standard InChI is InChI=1S/C24H33NO3.ClH/c1-25-18-22(26)17-21(25)14-15-28-24-13-6-5-11-20(24)10-4-3-8-19-9-7-12-23(16-19)27-2;/h5-7,9,11-13,16,21-22,26H,3-4,8,10,14-15,17-18H2,1-2H3;1H/t21-,22-;/m1./s1. The van der Waals surface area contributed by atoms with Crippen LogP contribution in [0.5, 0.6) is 11.5 Å². The average molecular weight is 420 g/mol. The molecule has 5 heteroatoms. The largest absolute Gasteiger partial charge is 0.497 e. The summed E-state index contributed by atoms with van der Waals surface area (Å²) < 4.78 is 11.4. The molecule has 0 radical (unpaired) electrons. The molecule has 2 aromatic rings. The third-order valence-corrected chi connectivity index (χ3v) is 5.64. The van der Waals surface area contributed by atoms with Crippen molar-refractivity contribution in [3.05, 3.63) is 59.7 Å². The number of methoxy groups -OCH3 is 1. The number of hydrogen-bond acceptors (Lipinski definition) is 4. The van der Waals surface area contributed by atoms with Crippen LogP contribution in [0.1, 0.15) is 36.8 Å². The number of aliphatic hydroxyl groups excluding tert-OH is 1. The number of likely N-dealkylation sites (tertiary alicyclic amines) is 1. The molecule has 160 valence electrons. The zero-order chi connectivity index (χ0) is 19.8. The van der Waals surface area contributed by atoms with Crippen LogP contribution in [0.25, 0.3) is 0 Å². The zero-order valence-electron chi connectivity index (χ0n) is 17.5. The fourth-order valence-electron chi connectivity index (χ4n) is 4.02. The Morgan fingerprint density at radius 3 is 2.62 bits per heavy atom. The predicted octanol–water partition coefficient (Wildman–Crippen LogP) is 4.52. The van der Waals surface area contributed by atoms with Crippen LogP contribution in [0.3, 0.4) is 0 Å². The van der Waals surface area contributed by atoms with Gasteiger partial charge in [-0.2, -0.15) is 0 Å². The van der Waals surface area contributed by atoms with Gasteiger partial charge in [0.1, 0.15) is 11.5 Å². The van der Waals surface area contributed by atoms with Gasteiger partial charge in [-0.15, -0.1) is 12.4 Å². The highest BCUT2D eigenvalue weighted by Gasteiger charge is 2.27. The Bertz CT molecular complexity index is 740. The van der Waals surface area contributed by atoms with Crippen molar-refractivity contribution in [3.8, 4) is 11.5 Å². The highest BCUT2D eigenvalue weighted by Crippen LogP contribution is 2.23. The van der Waals surface area contributed by atoms with Gasteiger partial charge in [0, 0.05) is 12.6 Å². The molecule has 1 aliphatic rings. The van der Waals surface area contributed by atoms with Crippen molar-refractivity contribution in [2.24, 2.45) is 0 Å². The topological polar surface area (TPSA) is 41.9 Å². The van der Waals surface area contributed by atoms with Crippen LogP contribution < -0.4 is 9.47 Å². The molecule has 0 spiro atoms. The van der Waals surface area contributed by atoms with E-state index < -0.39 is 0 Å². The summed E-state index contributed by atoms with van der Waals surface area (Å²) in [6, 6.07) is 17.1. The first kappa shape index (κ1) is 23.5. The smallest absolute Gasteiger partial charge is 0.122 e. The number of rotatable bonds is 10. The van der Waals surface area contributed by atoms with Crippen molar-refractivity contribution in [2.45, 2.75) is 50.7 Å². The highest BCUT2D eigenvalue weighted by atomic mass is 35.5. The molecule has 0 bridgehead atoms. The monoisotopic (exact) mass is 419 g/mol. The Morgan fingerprint density at radius 2 is 1.86 bits per heavy atom. The van der Waals surface area contributed by atoms with Gasteiger partial charge in [-0.1, -0.05) is 30.3 Å². The summed E-state index contributed by atoms with van der Waals surface area (Å²) in [5.41, 5.74) is 2.61. The molecule has 1 heterocycles. The maximum atomic E-state index is 9.77. The molecule has 2 atom stereocenters. The second kappa shape index (κ2) is 12.1. The lowest BCUT2D eigenvalue weighted by Gasteiger charge is -2.19. The van der Waals surface area contributed by atoms with Crippen LogP contribution in [0, 0.1) is 0 Å². The van der Waals surface area contributed by atoms with Crippen molar-refractivity contribution in [1.29, 1.82) is 0 Å². The lowest BCUT2D eigenvalue weighted by atomic mass is 10.0. The molecule has 29 heavy (non-hydrogen) atoms. The van der Waals surface area contributed by atoms with Crippen LogP contribution in [0.15, 0.2) is 48.5 Å². The number of benzene rings is 2. The molecule has 1 aliphatic heterocycles. The summed E-state index contributed by atoms with van der Waals surface area (Å²) in [6.07, 6.45) is 6.00. The first-order valence-corrected chi connectivity index (χ1v) is 10.4. The highest BCUT2D eigenvalue weighted by molar-refractivity contribution is 5.85. The first-order chi connectivity index (χ1) is 13.7. The minimum atomic E-state index is -0.188. The molecule has 0 unspecified atom stereocenters. The van der Waals surface area contributed by atoms with Gasteiger partial charge in [0.2, 0.25) is 0 Å². The fourth-order valence-corrected chi connectivity index (χ4v) is 4.02. The van der Waals surface area contributed by atoms with E-state index in [0.29, 0.717) is 12.6 Å². The summed E-state index contributed by atoms with van der Waals surface area (Å²) in [5.74, 6) is 1.93. The molecule has 4 nitrogen and oxygen atoms in total. The summed E-state index contributed by atoms with van der Waals surface area (Å²) in [4.78, 5) is 2.23. The fraction of sp³-hybridized carbons (Fsp3) is 0.500. The second-order valence-corrected chi connectivity index (χ2v) is 7.79. The maximum Gasteiger partial charge on any atom is 0.122 e. The molecule has 2 aromatic carbocycles. The van der Waals surface area contributed by atoms with Gasteiger partial charge in [-0.3, -0.25) is 0 Å². The van der Waals surface area contributed by atoms with Crippen LogP contribution >= 0.6 is 12.4 Å². The number of unbranched alkanes of at least 4 members (excludes halogenated alkanes) is 1. The molecular weight excluding hydrogens is 386 g/mol. The number of para-hydroxylation sites is 1. The van der Waals surface area contributed by atoms with E-state index in [1.54, 1.807) is 7.11 Å². The van der Waals surface area contributed by atoms with E-state index in [9.17, 15) is 5.11 Å².